The Morgan fingerprint density at radius 3 is 1.37 bits per heavy atom. The number of ether oxygens (including phenoxy) is 1. The van der Waals surface area contributed by atoms with Gasteiger partial charge in [-0.05, 0) is 172 Å². The van der Waals surface area contributed by atoms with Gasteiger partial charge in [0, 0.05) is 0 Å². The molecular weight excluding hydrogens is 695 g/mol. The summed E-state index contributed by atoms with van der Waals surface area (Å²) in [6.45, 7) is 0. The molecule has 11 rings (SSSR count). The molecule has 0 spiro atoms. The van der Waals surface area contributed by atoms with E-state index in [1.54, 1.807) is 51.4 Å². The summed E-state index contributed by atoms with van der Waals surface area (Å²) in [5.41, 5.74) is 0. The zero-order chi connectivity index (χ0) is 37.7. The highest BCUT2D eigenvalue weighted by Gasteiger charge is 2.59. The lowest BCUT2D eigenvalue weighted by molar-refractivity contribution is -0.0791. The van der Waals surface area contributed by atoms with Crippen molar-refractivity contribution in [2.24, 2.45) is 88.8 Å². The van der Waals surface area contributed by atoms with Gasteiger partial charge in [-0.25, -0.2) is 0 Å². The molecule has 4 heteroatoms. The molecule has 11 aliphatic rings. The summed E-state index contributed by atoms with van der Waals surface area (Å²) >= 11 is 0. The van der Waals surface area contributed by atoms with Gasteiger partial charge in [0.05, 0.1) is 30.7 Å². The third-order valence-electron chi connectivity index (χ3n) is 21.4. The van der Waals surface area contributed by atoms with Gasteiger partial charge < -0.3 is 4.74 Å². The highest BCUT2D eigenvalue weighted by atomic mass is 16.5. The SMILES string of the molecule is C1CCC(C2CCC3CC(C4NC(C5CCCCC5)NC(C5CCC(C6CCCC(C7CCCCC7)C6)C6OC7CC8CCCCC8CC7C56)N4)CCC3C2)CC1. The predicted octanol–water partition coefficient (Wildman–Crippen LogP) is 12.8. The van der Waals surface area contributed by atoms with Crippen LogP contribution in [0.2, 0.25) is 0 Å². The molecule has 2 aliphatic heterocycles. The van der Waals surface area contributed by atoms with Crippen LogP contribution < -0.4 is 16.0 Å². The van der Waals surface area contributed by atoms with Crippen molar-refractivity contribution in [3.8, 4) is 0 Å². The molecule has 3 N–H and O–H groups in total. The monoisotopic (exact) mass is 784 g/mol. The summed E-state index contributed by atoms with van der Waals surface area (Å²) < 4.78 is 7.71. The first-order chi connectivity index (χ1) is 28.2. The number of hydrogen-bond acceptors (Lipinski definition) is 4. The van der Waals surface area contributed by atoms with Crippen molar-refractivity contribution in [1.29, 1.82) is 0 Å². The maximum absolute atomic E-state index is 7.71. The van der Waals surface area contributed by atoms with Gasteiger partial charge in [-0.3, -0.25) is 16.0 Å². The molecule has 9 saturated carbocycles. The van der Waals surface area contributed by atoms with Crippen molar-refractivity contribution >= 4 is 0 Å². The summed E-state index contributed by atoms with van der Waals surface area (Å²) in [5.74, 6) is 13.9. The van der Waals surface area contributed by atoms with E-state index in [0.29, 0.717) is 30.7 Å². The van der Waals surface area contributed by atoms with E-state index >= 15 is 0 Å². The lowest BCUT2D eigenvalue weighted by Gasteiger charge is -2.54. The third kappa shape index (κ3) is 8.28. The van der Waals surface area contributed by atoms with Crippen molar-refractivity contribution in [1.82, 2.24) is 16.0 Å². The summed E-state index contributed by atoms with van der Waals surface area (Å²) in [4.78, 5) is 0. The maximum Gasteiger partial charge on any atom is 0.0645 e. The van der Waals surface area contributed by atoms with Crippen LogP contribution in [-0.2, 0) is 4.74 Å². The van der Waals surface area contributed by atoms with Crippen LogP contribution in [0.1, 0.15) is 212 Å². The fourth-order valence-electron chi connectivity index (χ4n) is 18.5. The largest absolute Gasteiger partial charge is 0.374 e. The Balaban J connectivity index is 0.832. The molecule has 0 aromatic heterocycles. The van der Waals surface area contributed by atoms with Crippen LogP contribution >= 0.6 is 0 Å². The lowest BCUT2D eigenvalue weighted by atomic mass is 9.56. The molecule has 11 fully saturated rings. The fraction of sp³-hybridized carbons (Fsp3) is 1.00. The van der Waals surface area contributed by atoms with Crippen LogP contribution in [0.3, 0.4) is 0 Å². The zero-order valence-electron chi connectivity index (χ0n) is 36.8. The fourth-order valence-corrected chi connectivity index (χ4v) is 18.5. The minimum absolute atomic E-state index is 0.462. The molecule has 0 radical (unpaired) electrons. The normalized spacial score (nSPS) is 50.6. The Kier molecular flexibility index (Phi) is 12.5. The highest BCUT2D eigenvalue weighted by molar-refractivity contribution is 5.08. The summed E-state index contributed by atoms with van der Waals surface area (Å²) in [6.07, 6.45) is 52.1. The van der Waals surface area contributed by atoms with E-state index < -0.39 is 0 Å². The van der Waals surface area contributed by atoms with Crippen molar-refractivity contribution in [3.05, 3.63) is 0 Å². The average molecular weight is 784 g/mol. The Morgan fingerprint density at radius 2 is 0.684 bits per heavy atom. The van der Waals surface area contributed by atoms with Crippen molar-refractivity contribution in [3.63, 3.8) is 0 Å². The van der Waals surface area contributed by atoms with Gasteiger partial charge >= 0.3 is 0 Å². The van der Waals surface area contributed by atoms with Crippen LogP contribution in [0.25, 0.3) is 0 Å². The van der Waals surface area contributed by atoms with Crippen molar-refractivity contribution < 1.29 is 4.74 Å². The molecule has 0 aromatic rings. The Bertz CT molecular complexity index is 1290. The van der Waals surface area contributed by atoms with Crippen LogP contribution in [0.4, 0.5) is 0 Å². The molecule has 17 atom stereocenters. The van der Waals surface area contributed by atoms with Crippen LogP contribution in [0.5, 0.6) is 0 Å². The van der Waals surface area contributed by atoms with E-state index in [1.807, 2.05) is 0 Å². The first kappa shape index (κ1) is 39.7. The molecule has 0 aromatic carbocycles. The molecule has 9 aliphatic carbocycles. The number of fused-ring (bicyclic) bond motifs is 5. The van der Waals surface area contributed by atoms with Crippen LogP contribution in [0.15, 0.2) is 0 Å². The van der Waals surface area contributed by atoms with E-state index in [-0.39, 0.29) is 0 Å². The smallest absolute Gasteiger partial charge is 0.0645 e. The topological polar surface area (TPSA) is 45.3 Å². The van der Waals surface area contributed by atoms with E-state index in [0.717, 1.165) is 88.8 Å². The number of rotatable bonds is 6. The molecule has 322 valence electrons. The second-order valence-corrected chi connectivity index (χ2v) is 24.0. The predicted molar refractivity (Wildman–Crippen MR) is 234 cm³/mol. The lowest BCUT2D eigenvalue weighted by Crippen LogP contribution is -2.73. The van der Waals surface area contributed by atoms with Gasteiger partial charge in [-0.1, -0.05) is 128 Å². The van der Waals surface area contributed by atoms with Crippen LogP contribution in [0, 0.1) is 88.8 Å². The molecule has 0 amide bonds. The highest BCUT2D eigenvalue weighted by Crippen LogP contribution is 2.59. The molecule has 4 nitrogen and oxygen atoms in total. The van der Waals surface area contributed by atoms with Gasteiger partial charge in [0.15, 0.2) is 0 Å². The summed E-state index contributed by atoms with van der Waals surface area (Å²) in [7, 11) is 0. The Morgan fingerprint density at radius 1 is 0.263 bits per heavy atom. The average Bonchev–Trinajstić information content (AvgIpc) is 3.66. The molecular formula is C53H89N3O. The summed E-state index contributed by atoms with van der Waals surface area (Å²) in [6, 6.07) is 0. The zero-order valence-corrected chi connectivity index (χ0v) is 36.8. The third-order valence-corrected chi connectivity index (χ3v) is 21.4. The molecule has 2 heterocycles. The van der Waals surface area contributed by atoms with E-state index in [9.17, 15) is 0 Å². The van der Waals surface area contributed by atoms with E-state index in [4.69, 9.17) is 4.74 Å². The van der Waals surface area contributed by atoms with Crippen molar-refractivity contribution in [2.75, 3.05) is 0 Å². The minimum atomic E-state index is 0.462. The first-order valence-corrected chi connectivity index (χ1v) is 27.2. The number of nitrogens with one attached hydrogen (secondary N) is 3. The second-order valence-electron chi connectivity index (χ2n) is 24.0. The van der Waals surface area contributed by atoms with Crippen molar-refractivity contribution in [2.45, 2.75) is 243 Å². The quantitative estimate of drug-likeness (QED) is 0.251. The molecule has 57 heavy (non-hydrogen) atoms. The first-order valence-electron chi connectivity index (χ1n) is 27.2. The number of hydrogen-bond donors (Lipinski definition) is 3. The van der Waals surface area contributed by atoms with Gasteiger partial charge in [0.2, 0.25) is 0 Å². The van der Waals surface area contributed by atoms with Gasteiger partial charge in [-0.2, -0.15) is 0 Å². The van der Waals surface area contributed by atoms with Gasteiger partial charge in [0.1, 0.15) is 0 Å². The molecule has 0 bridgehead atoms. The second kappa shape index (κ2) is 17.9. The molecule has 17 unspecified atom stereocenters. The molecule has 2 saturated heterocycles. The Labute approximate surface area is 350 Å². The van der Waals surface area contributed by atoms with E-state index in [1.165, 1.54) is 161 Å². The van der Waals surface area contributed by atoms with E-state index in [2.05, 4.69) is 16.0 Å². The minimum Gasteiger partial charge on any atom is -0.374 e. The van der Waals surface area contributed by atoms with Gasteiger partial charge in [-0.15, -0.1) is 0 Å². The maximum atomic E-state index is 7.71. The Hall–Kier alpha value is -0.160. The van der Waals surface area contributed by atoms with Crippen LogP contribution in [-0.4, -0.2) is 30.7 Å². The standard InChI is InChI=1S/C53H89N3O/c1-4-13-34(14-5-1)37-21-12-22-43(30-37)45-27-28-46(49-47-32-38-19-10-11-20-39(38)33-48(47)57-50(45)49)53-55-51(36-17-8-3-9-18-36)54-52(56-53)44-26-25-41-29-40(23-24-42(41)31-44)35-15-6-2-7-16-35/h34-56H,1-33H2. The summed E-state index contributed by atoms with van der Waals surface area (Å²) in [5, 5.41) is 13.5. The van der Waals surface area contributed by atoms with Gasteiger partial charge in [0.25, 0.3) is 0 Å².